The molecule has 9 rings (SSSR count). The third-order valence-electron chi connectivity index (χ3n) is 9.10. The average molecular weight is 658 g/mol. The van der Waals surface area contributed by atoms with Crippen LogP contribution in [0, 0.1) is 0 Å². The van der Waals surface area contributed by atoms with E-state index >= 15 is 0 Å². The summed E-state index contributed by atoms with van der Waals surface area (Å²) in [4.78, 5) is 12.6. The molecule has 7 aromatic carbocycles. The highest BCUT2D eigenvalue weighted by Gasteiger charge is 2.18. The second-order valence-electron chi connectivity index (χ2n) is 12.2. The molecule has 0 radical (unpaired) electrons. The SMILES string of the molecule is c1ccc(-c2ccc(N(c3ccccc3)c3ccc(-c4ccc5sc6c(-c7ccccc7)nc(-c7ccccc7)nc6c5c4)cc3)cc2)cc1. The normalized spacial score (nSPS) is 11.2. The number of rotatable bonds is 7. The zero-order valence-corrected chi connectivity index (χ0v) is 28.0. The Morgan fingerprint density at radius 1 is 0.380 bits per heavy atom. The Morgan fingerprint density at radius 3 is 1.44 bits per heavy atom. The zero-order chi connectivity index (χ0) is 33.3. The van der Waals surface area contributed by atoms with E-state index < -0.39 is 0 Å². The van der Waals surface area contributed by atoms with Crippen molar-refractivity contribution in [3.05, 3.63) is 188 Å². The number of thiophene rings is 1. The van der Waals surface area contributed by atoms with Gasteiger partial charge < -0.3 is 4.90 Å². The van der Waals surface area contributed by atoms with Crippen molar-refractivity contribution in [3.8, 4) is 44.9 Å². The van der Waals surface area contributed by atoms with Crippen molar-refractivity contribution in [1.29, 1.82) is 0 Å². The molecule has 236 valence electrons. The summed E-state index contributed by atoms with van der Waals surface area (Å²) in [6.45, 7) is 0. The lowest BCUT2D eigenvalue weighted by Crippen LogP contribution is -2.09. The van der Waals surface area contributed by atoms with Crippen LogP contribution in [0.15, 0.2) is 188 Å². The molecule has 0 bridgehead atoms. The third kappa shape index (κ3) is 5.62. The van der Waals surface area contributed by atoms with Crippen LogP contribution in [0.1, 0.15) is 0 Å². The molecule has 0 saturated carbocycles. The summed E-state index contributed by atoms with van der Waals surface area (Å²) in [7, 11) is 0. The molecule has 0 saturated heterocycles. The Bertz CT molecular complexity index is 2550. The van der Waals surface area contributed by atoms with E-state index in [2.05, 4.69) is 169 Å². The lowest BCUT2D eigenvalue weighted by molar-refractivity contribution is 1.24. The minimum Gasteiger partial charge on any atom is -0.311 e. The van der Waals surface area contributed by atoms with Gasteiger partial charge in [0.1, 0.15) is 0 Å². The highest BCUT2D eigenvalue weighted by molar-refractivity contribution is 7.26. The van der Waals surface area contributed by atoms with Crippen LogP contribution in [0.5, 0.6) is 0 Å². The van der Waals surface area contributed by atoms with Gasteiger partial charge in [0, 0.05) is 38.3 Å². The van der Waals surface area contributed by atoms with Crippen LogP contribution in [-0.2, 0) is 0 Å². The summed E-state index contributed by atoms with van der Waals surface area (Å²) in [5.74, 6) is 0.740. The summed E-state index contributed by atoms with van der Waals surface area (Å²) >= 11 is 1.76. The first-order valence-corrected chi connectivity index (χ1v) is 17.6. The van der Waals surface area contributed by atoms with Crippen LogP contribution >= 0.6 is 11.3 Å². The van der Waals surface area contributed by atoms with Gasteiger partial charge in [-0.2, -0.15) is 0 Å². The molecule has 2 aromatic heterocycles. The van der Waals surface area contributed by atoms with E-state index in [9.17, 15) is 0 Å². The second kappa shape index (κ2) is 12.9. The van der Waals surface area contributed by atoms with Gasteiger partial charge in [-0.15, -0.1) is 11.3 Å². The maximum Gasteiger partial charge on any atom is 0.160 e. The van der Waals surface area contributed by atoms with E-state index in [0.717, 1.165) is 66.4 Å². The topological polar surface area (TPSA) is 29.0 Å². The highest BCUT2D eigenvalue weighted by Crippen LogP contribution is 2.42. The average Bonchev–Trinajstić information content (AvgIpc) is 3.58. The van der Waals surface area contributed by atoms with E-state index in [0.29, 0.717) is 0 Å². The van der Waals surface area contributed by atoms with Gasteiger partial charge in [-0.1, -0.05) is 140 Å². The van der Waals surface area contributed by atoms with Gasteiger partial charge in [0.15, 0.2) is 5.82 Å². The first-order chi connectivity index (χ1) is 24.8. The minimum atomic E-state index is 0.740. The standard InChI is InChI=1S/C46H31N3S/c1-5-13-32(14-6-1)33-21-26-39(27-22-33)49(38-19-11-4-12-20-38)40-28-23-34(24-29-40)37-25-30-42-41(31-37)44-45(50-42)43(35-15-7-2-8-16-35)47-46(48-44)36-17-9-3-10-18-36/h1-31H. The zero-order valence-electron chi connectivity index (χ0n) is 27.1. The number of nitrogens with zero attached hydrogens (tertiary/aromatic N) is 3. The molecule has 0 unspecified atom stereocenters. The molecule has 0 N–H and O–H groups in total. The molecule has 0 aliphatic carbocycles. The minimum absolute atomic E-state index is 0.740. The molecule has 0 amide bonds. The van der Waals surface area contributed by atoms with Crippen LogP contribution in [0.4, 0.5) is 17.1 Å². The van der Waals surface area contributed by atoms with Gasteiger partial charge in [0.2, 0.25) is 0 Å². The Kier molecular flexibility index (Phi) is 7.69. The van der Waals surface area contributed by atoms with Gasteiger partial charge in [-0.05, 0) is 70.8 Å². The molecular weight excluding hydrogens is 627 g/mol. The van der Waals surface area contributed by atoms with E-state index in [4.69, 9.17) is 9.97 Å². The fourth-order valence-electron chi connectivity index (χ4n) is 6.59. The third-order valence-corrected chi connectivity index (χ3v) is 10.3. The van der Waals surface area contributed by atoms with Crippen LogP contribution in [0.2, 0.25) is 0 Å². The maximum absolute atomic E-state index is 5.18. The largest absolute Gasteiger partial charge is 0.311 e. The number of benzene rings is 7. The lowest BCUT2D eigenvalue weighted by Gasteiger charge is -2.26. The first kappa shape index (κ1) is 29.8. The van der Waals surface area contributed by atoms with Crippen molar-refractivity contribution in [2.45, 2.75) is 0 Å². The van der Waals surface area contributed by atoms with Crippen LogP contribution < -0.4 is 4.90 Å². The van der Waals surface area contributed by atoms with Crippen molar-refractivity contribution in [3.63, 3.8) is 0 Å². The summed E-state index contributed by atoms with van der Waals surface area (Å²) in [6, 6.07) is 66.2. The predicted octanol–water partition coefficient (Wildman–Crippen LogP) is 13.0. The fraction of sp³-hybridized carbons (Fsp3) is 0. The Labute approximate surface area is 295 Å². The molecule has 2 heterocycles. The molecule has 0 aliphatic heterocycles. The molecule has 0 atom stereocenters. The van der Waals surface area contributed by atoms with Gasteiger partial charge in [0.25, 0.3) is 0 Å². The summed E-state index contributed by atoms with van der Waals surface area (Å²) in [5.41, 5.74) is 12.1. The molecule has 0 spiro atoms. The molecule has 3 nitrogen and oxygen atoms in total. The highest BCUT2D eigenvalue weighted by atomic mass is 32.1. The van der Waals surface area contributed by atoms with E-state index in [1.165, 1.54) is 15.8 Å². The molecule has 50 heavy (non-hydrogen) atoms. The first-order valence-electron chi connectivity index (χ1n) is 16.7. The summed E-state index contributed by atoms with van der Waals surface area (Å²) in [5, 5.41) is 1.15. The quantitative estimate of drug-likeness (QED) is 0.171. The number of aromatic nitrogens is 2. The predicted molar refractivity (Wildman–Crippen MR) is 211 cm³/mol. The Morgan fingerprint density at radius 2 is 0.840 bits per heavy atom. The van der Waals surface area contributed by atoms with E-state index in [1.54, 1.807) is 11.3 Å². The molecule has 4 heteroatoms. The number of fused-ring (bicyclic) bond motifs is 3. The molecular formula is C46H31N3S. The van der Waals surface area contributed by atoms with Crippen LogP contribution in [0.25, 0.3) is 65.2 Å². The summed E-state index contributed by atoms with van der Waals surface area (Å²) in [6.07, 6.45) is 0. The van der Waals surface area contributed by atoms with Gasteiger partial charge in [0.05, 0.1) is 15.9 Å². The smallest absolute Gasteiger partial charge is 0.160 e. The monoisotopic (exact) mass is 657 g/mol. The van der Waals surface area contributed by atoms with Crippen LogP contribution in [-0.4, -0.2) is 9.97 Å². The Balaban J connectivity index is 1.11. The number of para-hydroxylation sites is 1. The van der Waals surface area contributed by atoms with Crippen molar-refractivity contribution < 1.29 is 0 Å². The lowest BCUT2D eigenvalue weighted by atomic mass is 10.0. The van der Waals surface area contributed by atoms with Crippen molar-refractivity contribution in [2.75, 3.05) is 4.90 Å². The molecule has 9 aromatic rings. The van der Waals surface area contributed by atoms with Crippen LogP contribution in [0.3, 0.4) is 0 Å². The van der Waals surface area contributed by atoms with Crippen molar-refractivity contribution in [2.24, 2.45) is 0 Å². The van der Waals surface area contributed by atoms with Crippen molar-refractivity contribution in [1.82, 2.24) is 9.97 Å². The Hall–Kier alpha value is -6.36. The van der Waals surface area contributed by atoms with Crippen molar-refractivity contribution >= 4 is 48.7 Å². The van der Waals surface area contributed by atoms with E-state index in [-0.39, 0.29) is 0 Å². The maximum atomic E-state index is 5.18. The van der Waals surface area contributed by atoms with E-state index in [1.807, 2.05) is 24.3 Å². The molecule has 0 fully saturated rings. The number of hydrogen-bond acceptors (Lipinski definition) is 4. The fourth-order valence-corrected chi connectivity index (χ4v) is 7.73. The number of anilines is 3. The number of hydrogen-bond donors (Lipinski definition) is 0. The second-order valence-corrected chi connectivity index (χ2v) is 13.3. The van der Waals surface area contributed by atoms with Gasteiger partial charge in [-0.3, -0.25) is 0 Å². The summed E-state index contributed by atoms with van der Waals surface area (Å²) < 4.78 is 2.31. The molecule has 0 aliphatic rings. The van der Waals surface area contributed by atoms with Gasteiger partial charge >= 0.3 is 0 Å². The van der Waals surface area contributed by atoms with Gasteiger partial charge in [-0.25, -0.2) is 9.97 Å².